The summed E-state index contributed by atoms with van der Waals surface area (Å²) >= 11 is 0. The number of benzene rings is 2. The van der Waals surface area contributed by atoms with Gasteiger partial charge in [0.25, 0.3) is 5.69 Å². The summed E-state index contributed by atoms with van der Waals surface area (Å²) in [5.74, 6) is 0. The number of rotatable bonds is 5. The molecular weight excluding hydrogens is 326 g/mol. The molecule has 0 saturated carbocycles. The Morgan fingerprint density at radius 3 is 2.33 bits per heavy atom. The second-order valence-corrected chi connectivity index (χ2v) is 5.95. The van der Waals surface area contributed by atoms with Gasteiger partial charge >= 0.3 is 0 Å². The number of hydrogen-bond acceptors (Lipinski definition) is 4. The molecule has 1 saturated heterocycles. The molecule has 3 rings (SSSR count). The summed E-state index contributed by atoms with van der Waals surface area (Å²) in [6, 6.07) is 17.6. The summed E-state index contributed by atoms with van der Waals surface area (Å²) < 4.78 is 0. The van der Waals surface area contributed by atoms with Crippen molar-refractivity contribution < 1.29 is 4.92 Å². The summed E-state index contributed by atoms with van der Waals surface area (Å²) in [4.78, 5) is 13.2. The summed E-state index contributed by atoms with van der Waals surface area (Å²) in [6.45, 7) is 2.99. The third kappa shape index (κ3) is 4.69. The fraction of sp³-hybridized carbons (Fsp3) is 0.333. The molecule has 0 unspecified atom stereocenters. The molecule has 0 atom stereocenters. The molecule has 0 radical (unpaired) electrons. The SMILES string of the molecule is Cl.O=[N+]([O-])c1ccccc1NC1CCN(Cc2ccccc2)CC1. The molecular formula is C18H22ClN3O2. The van der Waals surface area contributed by atoms with Gasteiger partial charge in [-0.2, -0.15) is 0 Å². The quantitative estimate of drug-likeness (QED) is 0.653. The van der Waals surface area contributed by atoms with Crippen LogP contribution in [0, 0.1) is 10.1 Å². The maximum atomic E-state index is 11.1. The number of likely N-dealkylation sites (tertiary alicyclic amines) is 1. The highest BCUT2D eigenvalue weighted by Crippen LogP contribution is 2.26. The lowest BCUT2D eigenvalue weighted by atomic mass is 10.0. The summed E-state index contributed by atoms with van der Waals surface area (Å²) in [5.41, 5.74) is 2.11. The van der Waals surface area contributed by atoms with E-state index in [2.05, 4.69) is 34.5 Å². The molecule has 1 fully saturated rings. The van der Waals surface area contributed by atoms with Crippen LogP contribution in [0.4, 0.5) is 11.4 Å². The van der Waals surface area contributed by atoms with Gasteiger partial charge in [-0.1, -0.05) is 42.5 Å². The molecule has 0 aliphatic carbocycles. The molecule has 1 aliphatic rings. The van der Waals surface area contributed by atoms with Crippen molar-refractivity contribution in [1.29, 1.82) is 0 Å². The van der Waals surface area contributed by atoms with Crippen molar-refractivity contribution in [3.05, 3.63) is 70.3 Å². The highest BCUT2D eigenvalue weighted by atomic mass is 35.5. The van der Waals surface area contributed by atoms with E-state index in [1.807, 2.05) is 12.1 Å². The molecule has 24 heavy (non-hydrogen) atoms. The van der Waals surface area contributed by atoms with Crippen LogP contribution < -0.4 is 5.32 Å². The molecule has 6 heteroatoms. The lowest BCUT2D eigenvalue weighted by Crippen LogP contribution is -2.38. The van der Waals surface area contributed by atoms with Gasteiger partial charge in [-0.15, -0.1) is 12.4 Å². The van der Waals surface area contributed by atoms with Crippen LogP contribution in [0.25, 0.3) is 0 Å². The van der Waals surface area contributed by atoms with E-state index >= 15 is 0 Å². The normalized spacial score (nSPS) is 15.5. The van der Waals surface area contributed by atoms with Crippen molar-refractivity contribution in [3.8, 4) is 0 Å². The standard InChI is InChI=1S/C18H21N3O2.ClH/c22-21(23)18-9-5-4-8-17(18)19-16-10-12-20(13-11-16)14-15-6-2-1-3-7-15;/h1-9,16,19H,10-14H2;1H. The average molecular weight is 348 g/mol. The molecule has 0 amide bonds. The smallest absolute Gasteiger partial charge is 0.292 e. The van der Waals surface area contributed by atoms with Crippen LogP contribution in [0.2, 0.25) is 0 Å². The van der Waals surface area contributed by atoms with Gasteiger partial charge < -0.3 is 5.32 Å². The van der Waals surface area contributed by atoms with Crippen LogP contribution in [0.1, 0.15) is 18.4 Å². The lowest BCUT2D eigenvalue weighted by Gasteiger charge is -2.32. The third-order valence-corrected chi connectivity index (χ3v) is 4.30. The van der Waals surface area contributed by atoms with Crippen molar-refractivity contribution in [2.24, 2.45) is 0 Å². The largest absolute Gasteiger partial charge is 0.377 e. The van der Waals surface area contributed by atoms with E-state index in [0.717, 1.165) is 32.5 Å². The number of nitrogens with zero attached hydrogens (tertiary/aromatic N) is 2. The second-order valence-electron chi connectivity index (χ2n) is 5.95. The van der Waals surface area contributed by atoms with E-state index in [1.54, 1.807) is 18.2 Å². The summed E-state index contributed by atoms with van der Waals surface area (Å²) in [6.07, 6.45) is 2.00. The summed E-state index contributed by atoms with van der Waals surface area (Å²) in [5, 5.41) is 14.4. The Morgan fingerprint density at radius 2 is 1.67 bits per heavy atom. The van der Waals surface area contributed by atoms with Gasteiger partial charge in [0.15, 0.2) is 0 Å². The number of hydrogen-bond donors (Lipinski definition) is 1. The Balaban J connectivity index is 0.00000208. The maximum absolute atomic E-state index is 11.1. The number of piperidine rings is 1. The number of halogens is 1. The van der Waals surface area contributed by atoms with Crippen LogP contribution in [0.5, 0.6) is 0 Å². The number of anilines is 1. The lowest BCUT2D eigenvalue weighted by molar-refractivity contribution is -0.384. The zero-order valence-electron chi connectivity index (χ0n) is 13.4. The number of para-hydroxylation sites is 2. The Bertz CT molecular complexity index is 658. The van der Waals surface area contributed by atoms with E-state index in [1.165, 1.54) is 5.56 Å². The van der Waals surface area contributed by atoms with Crippen molar-refractivity contribution in [2.45, 2.75) is 25.4 Å². The van der Waals surface area contributed by atoms with E-state index in [-0.39, 0.29) is 23.0 Å². The fourth-order valence-corrected chi connectivity index (χ4v) is 3.05. The zero-order valence-corrected chi connectivity index (χ0v) is 14.2. The van der Waals surface area contributed by atoms with Gasteiger partial charge in [0.1, 0.15) is 5.69 Å². The number of nitrogens with one attached hydrogen (secondary N) is 1. The average Bonchev–Trinajstić information content (AvgIpc) is 2.58. The van der Waals surface area contributed by atoms with Gasteiger partial charge in [-0.3, -0.25) is 15.0 Å². The number of nitro groups is 1. The highest BCUT2D eigenvalue weighted by molar-refractivity contribution is 5.85. The first-order valence-electron chi connectivity index (χ1n) is 7.98. The van der Waals surface area contributed by atoms with Gasteiger partial charge in [0, 0.05) is 31.7 Å². The first kappa shape index (κ1) is 18.2. The first-order valence-corrected chi connectivity index (χ1v) is 7.98. The van der Waals surface area contributed by atoms with Crippen molar-refractivity contribution in [2.75, 3.05) is 18.4 Å². The first-order chi connectivity index (χ1) is 11.2. The molecule has 0 bridgehead atoms. The van der Waals surface area contributed by atoms with Crippen LogP contribution in [0.3, 0.4) is 0 Å². The minimum absolute atomic E-state index is 0. The minimum atomic E-state index is -0.327. The van der Waals surface area contributed by atoms with Crippen molar-refractivity contribution in [1.82, 2.24) is 4.90 Å². The molecule has 0 spiro atoms. The van der Waals surface area contributed by atoms with Gasteiger partial charge in [0.05, 0.1) is 4.92 Å². The Kier molecular flexibility index (Phi) is 6.58. The second kappa shape index (κ2) is 8.66. The number of nitro benzene ring substituents is 1. The predicted octanol–water partition coefficient (Wildman–Crippen LogP) is 4.09. The van der Waals surface area contributed by atoms with Crippen LogP contribution in [0.15, 0.2) is 54.6 Å². The van der Waals surface area contributed by atoms with E-state index in [4.69, 9.17) is 0 Å². The molecule has 0 aromatic heterocycles. The van der Waals surface area contributed by atoms with Crippen LogP contribution in [-0.2, 0) is 6.54 Å². The molecule has 128 valence electrons. The van der Waals surface area contributed by atoms with Crippen LogP contribution >= 0.6 is 12.4 Å². The zero-order chi connectivity index (χ0) is 16.1. The van der Waals surface area contributed by atoms with Gasteiger partial charge in [-0.25, -0.2) is 0 Å². The predicted molar refractivity (Wildman–Crippen MR) is 98.7 cm³/mol. The van der Waals surface area contributed by atoms with Gasteiger partial charge in [-0.05, 0) is 24.5 Å². The fourth-order valence-electron chi connectivity index (χ4n) is 3.05. The van der Waals surface area contributed by atoms with Crippen molar-refractivity contribution in [3.63, 3.8) is 0 Å². The van der Waals surface area contributed by atoms with Crippen molar-refractivity contribution >= 4 is 23.8 Å². The van der Waals surface area contributed by atoms with E-state index < -0.39 is 0 Å². The molecule has 1 aliphatic heterocycles. The highest BCUT2D eigenvalue weighted by Gasteiger charge is 2.21. The Hall–Kier alpha value is -2.11. The van der Waals surface area contributed by atoms with Crippen LogP contribution in [-0.4, -0.2) is 29.0 Å². The Morgan fingerprint density at radius 1 is 1.04 bits per heavy atom. The Labute approximate surface area is 148 Å². The molecule has 2 aromatic rings. The topological polar surface area (TPSA) is 58.4 Å². The maximum Gasteiger partial charge on any atom is 0.292 e. The minimum Gasteiger partial charge on any atom is -0.377 e. The molecule has 1 N–H and O–H groups in total. The third-order valence-electron chi connectivity index (χ3n) is 4.30. The molecule has 5 nitrogen and oxygen atoms in total. The van der Waals surface area contributed by atoms with E-state index in [9.17, 15) is 10.1 Å². The monoisotopic (exact) mass is 347 g/mol. The molecule has 2 aromatic carbocycles. The molecule has 1 heterocycles. The van der Waals surface area contributed by atoms with E-state index in [0.29, 0.717) is 11.7 Å². The summed E-state index contributed by atoms with van der Waals surface area (Å²) in [7, 11) is 0. The van der Waals surface area contributed by atoms with Gasteiger partial charge in [0.2, 0.25) is 0 Å².